The van der Waals surface area contributed by atoms with Gasteiger partial charge in [-0.05, 0) is 18.9 Å². The molecule has 0 aliphatic heterocycles. The van der Waals surface area contributed by atoms with Gasteiger partial charge >= 0.3 is 0 Å². The van der Waals surface area contributed by atoms with Gasteiger partial charge in [-0.1, -0.05) is 85.3 Å². The zero-order valence-electron chi connectivity index (χ0n) is 14.5. The fourth-order valence-electron chi connectivity index (χ4n) is 2.70. The zero-order chi connectivity index (χ0) is 17.8. The van der Waals surface area contributed by atoms with Gasteiger partial charge in [-0.2, -0.15) is 0 Å². The molecule has 0 saturated heterocycles. The summed E-state index contributed by atoms with van der Waals surface area (Å²) in [5.41, 5.74) is 4.81. The third-order valence-electron chi connectivity index (χ3n) is 4.35. The van der Waals surface area contributed by atoms with E-state index in [0.29, 0.717) is 22.3 Å². The van der Waals surface area contributed by atoms with Crippen LogP contribution in [0, 0.1) is 6.92 Å². The highest BCUT2D eigenvalue weighted by Crippen LogP contribution is 2.15. The lowest BCUT2D eigenvalue weighted by molar-refractivity contribution is 0.102. The Hall–Kier alpha value is -3.00. The third-order valence-corrected chi connectivity index (χ3v) is 4.35. The van der Waals surface area contributed by atoms with Crippen molar-refractivity contribution in [3.63, 3.8) is 0 Å². The average Bonchev–Trinajstić information content (AvgIpc) is 2.67. The summed E-state index contributed by atoms with van der Waals surface area (Å²) in [6.07, 6.45) is 0.949. The van der Waals surface area contributed by atoms with E-state index < -0.39 is 0 Å². The minimum atomic E-state index is -0.0358. The Kier molecular flexibility index (Phi) is 4.90. The van der Waals surface area contributed by atoms with Crippen LogP contribution in [0.25, 0.3) is 0 Å². The first-order valence-corrected chi connectivity index (χ1v) is 8.43. The van der Waals surface area contributed by atoms with E-state index in [-0.39, 0.29) is 11.6 Å². The van der Waals surface area contributed by atoms with Crippen molar-refractivity contribution in [3.8, 4) is 0 Å². The quantitative estimate of drug-likeness (QED) is 0.616. The van der Waals surface area contributed by atoms with Gasteiger partial charge in [0.25, 0.3) is 0 Å². The number of hydrogen-bond acceptors (Lipinski definition) is 2. The molecule has 0 atom stereocenters. The normalized spacial score (nSPS) is 10.5. The summed E-state index contributed by atoms with van der Waals surface area (Å²) in [6.45, 7) is 4.07. The Labute approximate surface area is 148 Å². The summed E-state index contributed by atoms with van der Waals surface area (Å²) >= 11 is 0. The van der Waals surface area contributed by atoms with Crippen molar-refractivity contribution in [3.05, 3.63) is 106 Å². The van der Waals surface area contributed by atoms with Crippen molar-refractivity contribution in [2.24, 2.45) is 0 Å². The number of rotatable bonds is 5. The first kappa shape index (κ1) is 16.8. The molecule has 0 spiro atoms. The van der Waals surface area contributed by atoms with Crippen LogP contribution in [0.1, 0.15) is 49.9 Å². The van der Waals surface area contributed by atoms with E-state index in [1.165, 1.54) is 5.56 Å². The molecular weight excluding hydrogens is 308 g/mol. The molecule has 0 amide bonds. The van der Waals surface area contributed by atoms with E-state index >= 15 is 0 Å². The number of aryl methyl sites for hydroxylation is 2. The van der Waals surface area contributed by atoms with Crippen LogP contribution in [0.2, 0.25) is 0 Å². The molecule has 0 heterocycles. The summed E-state index contributed by atoms with van der Waals surface area (Å²) in [6, 6.07) is 22.0. The highest BCUT2D eigenvalue weighted by Gasteiger charge is 2.12. The van der Waals surface area contributed by atoms with Crippen LogP contribution >= 0.6 is 0 Å². The molecule has 0 radical (unpaired) electrons. The summed E-state index contributed by atoms with van der Waals surface area (Å²) in [7, 11) is 0. The van der Waals surface area contributed by atoms with Gasteiger partial charge in [0.15, 0.2) is 11.6 Å². The molecule has 0 unspecified atom stereocenters. The Morgan fingerprint density at radius 2 is 0.920 bits per heavy atom. The van der Waals surface area contributed by atoms with Gasteiger partial charge in [0.05, 0.1) is 0 Å². The van der Waals surface area contributed by atoms with E-state index in [1.807, 2.05) is 55.5 Å². The SMILES string of the molecule is CCc1ccc(C(=O)c2ccc(C(=O)c3ccc(C)cc3)cc2)cc1. The van der Waals surface area contributed by atoms with Crippen LogP contribution in [0.15, 0.2) is 72.8 Å². The molecule has 0 aromatic heterocycles. The molecule has 0 aliphatic carbocycles. The fraction of sp³-hybridized carbons (Fsp3) is 0.130. The lowest BCUT2D eigenvalue weighted by atomic mass is 9.97. The van der Waals surface area contributed by atoms with E-state index in [4.69, 9.17) is 0 Å². The van der Waals surface area contributed by atoms with Crippen LogP contribution in [0.3, 0.4) is 0 Å². The maximum absolute atomic E-state index is 12.5. The smallest absolute Gasteiger partial charge is 0.193 e. The third kappa shape index (κ3) is 3.74. The maximum Gasteiger partial charge on any atom is 0.193 e. The van der Waals surface area contributed by atoms with Gasteiger partial charge in [-0.3, -0.25) is 9.59 Å². The first-order chi connectivity index (χ1) is 12.1. The summed E-state index contributed by atoms with van der Waals surface area (Å²) in [5.74, 6) is -0.0664. The molecule has 0 aliphatic rings. The Balaban J connectivity index is 1.80. The van der Waals surface area contributed by atoms with Gasteiger partial charge < -0.3 is 0 Å². The summed E-state index contributed by atoms with van der Waals surface area (Å²) < 4.78 is 0. The van der Waals surface area contributed by atoms with Gasteiger partial charge in [0, 0.05) is 22.3 Å². The number of carbonyl (C=O) groups is 2. The van der Waals surface area contributed by atoms with Crippen LogP contribution in [0.4, 0.5) is 0 Å². The van der Waals surface area contributed by atoms with Crippen molar-refractivity contribution >= 4 is 11.6 Å². The standard InChI is InChI=1S/C23H20O2/c1-3-17-6-10-19(11-7-17)23(25)21-14-12-20(13-15-21)22(24)18-8-4-16(2)5-9-18/h4-15H,3H2,1-2H3. The van der Waals surface area contributed by atoms with E-state index in [2.05, 4.69) is 6.92 Å². The van der Waals surface area contributed by atoms with Gasteiger partial charge in [-0.25, -0.2) is 0 Å². The highest BCUT2D eigenvalue weighted by atomic mass is 16.1. The molecule has 3 aromatic carbocycles. The zero-order valence-corrected chi connectivity index (χ0v) is 14.5. The monoisotopic (exact) mass is 328 g/mol. The topological polar surface area (TPSA) is 34.1 Å². The van der Waals surface area contributed by atoms with Crippen molar-refractivity contribution in [2.45, 2.75) is 20.3 Å². The predicted octanol–water partition coefficient (Wildman–Crippen LogP) is 5.02. The summed E-state index contributed by atoms with van der Waals surface area (Å²) in [5, 5.41) is 0. The van der Waals surface area contributed by atoms with E-state index in [1.54, 1.807) is 24.3 Å². The van der Waals surface area contributed by atoms with Crippen molar-refractivity contribution in [1.29, 1.82) is 0 Å². The molecule has 3 aromatic rings. The van der Waals surface area contributed by atoms with Crippen LogP contribution < -0.4 is 0 Å². The molecule has 2 nitrogen and oxygen atoms in total. The van der Waals surface area contributed by atoms with Crippen LogP contribution in [0.5, 0.6) is 0 Å². The number of carbonyl (C=O) groups excluding carboxylic acids is 2. The van der Waals surface area contributed by atoms with Gasteiger partial charge in [0.1, 0.15) is 0 Å². The summed E-state index contributed by atoms with van der Waals surface area (Å²) in [4.78, 5) is 25.0. The van der Waals surface area contributed by atoms with Crippen LogP contribution in [-0.4, -0.2) is 11.6 Å². The molecule has 124 valence electrons. The maximum atomic E-state index is 12.5. The second-order valence-corrected chi connectivity index (χ2v) is 6.15. The van der Waals surface area contributed by atoms with Crippen LogP contribution in [-0.2, 0) is 6.42 Å². The van der Waals surface area contributed by atoms with Crippen molar-refractivity contribution in [2.75, 3.05) is 0 Å². The second-order valence-electron chi connectivity index (χ2n) is 6.15. The Morgan fingerprint density at radius 3 is 1.28 bits per heavy atom. The number of benzene rings is 3. The first-order valence-electron chi connectivity index (χ1n) is 8.43. The predicted molar refractivity (Wildman–Crippen MR) is 100 cm³/mol. The molecule has 0 bridgehead atoms. The van der Waals surface area contributed by atoms with E-state index in [0.717, 1.165) is 12.0 Å². The number of hydrogen-bond donors (Lipinski definition) is 0. The average molecular weight is 328 g/mol. The van der Waals surface area contributed by atoms with Crippen molar-refractivity contribution in [1.82, 2.24) is 0 Å². The van der Waals surface area contributed by atoms with Gasteiger partial charge in [-0.15, -0.1) is 0 Å². The number of ketones is 2. The molecule has 0 N–H and O–H groups in total. The van der Waals surface area contributed by atoms with Gasteiger partial charge in [0.2, 0.25) is 0 Å². The minimum absolute atomic E-state index is 0.0306. The Morgan fingerprint density at radius 1 is 0.600 bits per heavy atom. The molecular formula is C23H20O2. The second kappa shape index (κ2) is 7.27. The molecule has 25 heavy (non-hydrogen) atoms. The largest absolute Gasteiger partial charge is 0.289 e. The fourth-order valence-corrected chi connectivity index (χ4v) is 2.70. The minimum Gasteiger partial charge on any atom is -0.289 e. The lowest BCUT2D eigenvalue weighted by Crippen LogP contribution is -2.04. The molecule has 3 rings (SSSR count). The molecule has 0 saturated carbocycles. The highest BCUT2D eigenvalue weighted by molar-refractivity contribution is 6.11. The Bertz CT molecular complexity index is 886. The molecule has 2 heteroatoms. The van der Waals surface area contributed by atoms with Crippen molar-refractivity contribution < 1.29 is 9.59 Å². The van der Waals surface area contributed by atoms with E-state index in [9.17, 15) is 9.59 Å². The lowest BCUT2D eigenvalue weighted by Gasteiger charge is -2.05. The molecule has 0 fully saturated rings.